The van der Waals surface area contributed by atoms with Gasteiger partial charge in [-0.25, -0.2) is 0 Å². The van der Waals surface area contributed by atoms with E-state index in [0.29, 0.717) is 49.4 Å². The number of anilines is 3. The maximum atomic E-state index is 15.0. The zero-order chi connectivity index (χ0) is 35.4. The number of β-lactam (4-membered cyclic amide) rings is 2. The molecule has 0 radical (unpaired) electrons. The molecule has 3 aromatic carbocycles. The molecule has 12 heteroatoms. The first-order chi connectivity index (χ1) is 23.9. The van der Waals surface area contributed by atoms with Gasteiger partial charge in [-0.3, -0.25) is 19.2 Å². The van der Waals surface area contributed by atoms with Gasteiger partial charge in [-0.1, -0.05) is 49.4 Å². The molecular formula is C38H44N4O7Si. The Morgan fingerprint density at radius 2 is 1.56 bits per heavy atom. The predicted octanol–water partition coefficient (Wildman–Crippen LogP) is 3.92. The highest BCUT2D eigenvalue weighted by Gasteiger charge is 2.66. The number of rotatable bonds is 11. The van der Waals surface area contributed by atoms with Crippen molar-refractivity contribution in [1.82, 2.24) is 4.90 Å². The van der Waals surface area contributed by atoms with Gasteiger partial charge in [-0.05, 0) is 54.6 Å². The standard InChI is InChI=1S/C38H44N4O7Si/c1-25-36(50(2,3)48)32(22-35(46)39(19-20-43)23-26-7-5-4-6-8-26)49-38(25)30-21-29(41-18-16-34(41)45)13-14-31(30)42(37(38)47)24-27-9-11-28(12-10-27)40-17-15-33(40)44/h4-14,21,25,32,36,43,48H,15-20,22-24H2,1-3H3/t25-,32+,36-,38+/m0/s1. The Morgan fingerprint density at radius 3 is 2.14 bits per heavy atom. The van der Waals surface area contributed by atoms with Crippen LogP contribution >= 0.6 is 0 Å². The summed E-state index contributed by atoms with van der Waals surface area (Å²) in [7, 11) is -3.06. The van der Waals surface area contributed by atoms with E-state index in [9.17, 15) is 29.1 Å². The number of carbonyl (C=O) groups is 4. The third kappa shape index (κ3) is 5.83. The van der Waals surface area contributed by atoms with Crippen molar-refractivity contribution in [3.63, 3.8) is 0 Å². The van der Waals surface area contributed by atoms with Crippen LogP contribution in [0.5, 0.6) is 0 Å². The van der Waals surface area contributed by atoms with Crippen LogP contribution in [0, 0.1) is 5.92 Å². The topological polar surface area (TPSA) is 131 Å². The lowest BCUT2D eigenvalue weighted by Gasteiger charge is -2.34. The molecule has 3 aromatic rings. The molecule has 50 heavy (non-hydrogen) atoms. The number of hydrogen-bond acceptors (Lipinski definition) is 7. The highest BCUT2D eigenvalue weighted by atomic mass is 28.4. The smallest absolute Gasteiger partial charge is 0.264 e. The highest BCUT2D eigenvalue weighted by molar-refractivity contribution is 6.71. The Kier molecular flexibility index (Phi) is 8.92. The van der Waals surface area contributed by atoms with E-state index in [1.807, 2.05) is 92.8 Å². The first kappa shape index (κ1) is 34.1. The molecule has 1 spiro atoms. The predicted molar refractivity (Wildman–Crippen MR) is 191 cm³/mol. The van der Waals surface area contributed by atoms with Crippen LogP contribution in [0.2, 0.25) is 18.6 Å². The molecule has 11 nitrogen and oxygen atoms in total. The average Bonchev–Trinajstić information content (AvgIpc) is 3.50. The number of benzene rings is 3. The first-order valence-electron chi connectivity index (χ1n) is 17.4. The van der Waals surface area contributed by atoms with Gasteiger partial charge >= 0.3 is 0 Å². The minimum Gasteiger partial charge on any atom is -0.432 e. The number of ether oxygens (including phenoxy) is 1. The van der Waals surface area contributed by atoms with Crippen molar-refractivity contribution >= 4 is 49.0 Å². The molecule has 4 heterocycles. The molecular weight excluding hydrogens is 653 g/mol. The second-order valence-electron chi connectivity index (χ2n) is 14.4. The molecule has 3 fully saturated rings. The van der Waals surface area contributed by atoms with Gasteiger partial charge in [0.05, 0.1) is 31.4 Å². The molecule has 4 aliphatic heterocycles. The van der Waals surface area contributed by atoms with E-state index < -0.39 is 31.5 Å². The molecule has 3 saturated heterocycles. The molecule has 0 aromatic heterocycles. The van der Waals surface area contributed by atoms with Gasteiger partial charge in [0.15, 0.2) is 13.9 Å². The molecule has 262 valence electrons. The van der Waals surface area contributed by atoms with Gasteiger partial charge in [0, 0.05) is 67.4 Å². The molecule has 0 unspecified atom stereocenters. The normalized spacial score (nSPS) is 24.5. The van der Waals surface area contributed by atoms with E-state index >= 15 is 0 Å². The van der Waals surface area contributed by atoms with Gasteiger partial charge in [-0.2, -0.15) is 0 Å². The summed E-state index contributed by atoms with van der Waals surface area (Å²) in [6, 6.07) is 22.8. The third-order valence-electron chi connectivity index (χ3n) is 10.9. The summed E-state index contributed by atoms with van der Waals surface area (Å²) < 4.78 is 6.94. The molecule has 0 aliphatic carbocycles. The molecule has 4 atom stereocenters. The number of nitrogens with zero attached hydrogens (tertiary/aromatic N) is 4. The van der Waals surface area contributed by atoms with E-state index in [0.717, 1.165) is 16.8 Å². The second-order valence-corrected chi connectivity index (χ2v) is 18.4. The average molecular weight is 697 g/mol. The number of hydrogen-bond donors (Lipinski definition) is 2. The number of carbonyl (C=O) groups excluding carboxylic acids is 4. The van der Waals surface area contributed by atoms with Gasteiger partial charge in [-0.15, -0.1) is 0 Å². The summed E-state index contributed by atoms with van der Waals surface area (Å²) >= 11 is 0. The number of amides is 4. The molecule has 0 bridgehead atoms. The minimum absolute atomic E-state index is 0.00832. The molecule has 0 saturated carbocycles. The Balaban J connectivity index is 1.24. The maximum Gasteiger partial charge on any atom is 0.264 e. The SMILES string of the molecule is C[C@H]1[C@H]([Si](C)(C)O)[C@@H](CC(=O)N(CCO)Cc2ccccc2)O[C@]12C(=O)N(Cc1ccc(N3CCC3=O)cc1)c1ccc(N3CCC3=O)cc12. The van der Waals surface area contributed by atoms with Crippen LogP contribution in [0.3, 0.4) is 0 Å². The molecule has 2 N–H and O–H groups in total. The fraction of sp³-hybridized carbons (Fsp3) is 0.421. The van der Waals surface area contributed by atoms with Gasteiger partial charge in [0.1, 0.15) is 0 Å². The minimum atomic E-state index is -3.06. The summed E-state index contributed by atoms with van der Waals surface area (Å²) in [5.41, 5.74) is 2.62. The Bertz CT molecular complexity index is 1810. The maximum absolute atomic E-state index is 15.0. The first-order valence-corrected chi connectivity index (χ1v) is 20.4. The quantitative estimate of drug-likeness (QED) is 0.230. The van der Waals surface area contributed by atoms with Crippen molar-refractivity contribution in [2.75, 3.05) is 40.9 Å². The van der Waals surface area contributed by atoms with Crippen LogP contribution in [0.15, 0.2) is 72.8 Å². The summed E-state index contributed by atoms with van der Waals surface area (Å²) in [4.78, 5) is 71.9. The Labute approximate surface area is 293 Å². The van der Waals surface area contributed by atoms with E-state index in [1.165, 1.54) is 0 Å². The molecule has 7 rings (SSSR count). The van der Waals surface area contributed by atoms with Gasteiger partial charge in [0.25, 0.3) is 5.91 Å². The van der Waals surface area contributed by atoms with E-state index in [4.69, 9.17) is 4.74 Å². The lowest BCUT2D eigenvalue weighted by atomic mass is 9.82. The largest absolute Gasteiger partial charge is 0.432 e. The van der Waals surface area contributed by atoms with E-state index in [1.54, 1.807) is 19.6 Å². The number of aliphatic hydroxyl groups excluding tert-OH is 1. The Hall–Kier alpha value is -4.36. The summed E-state index contributed by atoms with van der Waals surface area (Å²) in [5, 5.41) is 9.84. The lowest BCUT2D eigenvalue weighted by molar-refractivity contribution is -0.150. The molecule has 4 amide bonds. The lowest BCUT2D eigenvalue weighted by Crippen LogP contribution is -2.46. The van der Waals surface area contributed by atoms with Crippen LogP contribution in [-0.4, -0.2) is 79.1 Å². The fourth-order valence-electron chi connectivity index (χ4n) is 8.25. The van der Waals surface area contributed by atoms with Crippen LogP contribution in [-0.2, 0) is 42.6 Å². The van der Waals surface area contributed by atoms with Crippen molar-refractivity contribution in [3.05, 3.63) is 89.5 Å². The zero-order valence-electron chi connectivity index (χ0n) is 28.7. The number of fused-ring (bicyclic) bond motifs is 2. The van der Waals surface area contributed by atoms with Crippen molar-refractivity contribution in [1.29, 1.82) is 0 Å². The highest BCUT2D eigenvalue weighted by Crippen LogP contribution is 2.60. The summed E-state index contributed by atoms with van der Waals surface area (Å²) in [5.74, 6) is -0.906. The van der Waals surface area contributed by atoms with Crippen LogP contribution in [0.4, 0.5) is 17.1 Å². The zero-order valence-corrected chi connectivity index (χ0v) is 29.7. The van der Waals surface area contributed by atoms with E-state index in [2.05, 4.69) is 0 Å². The fourth-order valence-corrected chi connectivity index (χ4v) is 10.8. The van der Waals surface area contributed by atoms with Crippen LogP contribution < -0.4 is 14.7 Å². The van der Waals surface area contributed by atoms with Crippen molar-refractivity contribution in [2.24, 2.45) is 5.92 Å². The van der Waals surface area contributed by atoms with E-state index in [-0.39, 0.29) is 49.7 Å². The second kappa shape index (κ2) is 13.1. The molecule has 4 aliphatic rings. The van der Waals surface area contributed by atoms with Crippen molar-refractivity contribution in [3.8, 4) is 0 Å². The van der Waals surface area contributed by atoms with Crippen molar-refractivity contribution in [2.45, 2.75) is 69.6 Å². The monoisotopic (exact) mass is 696 g/mol. The van der Waals surface area contributed by atoms with Crippen LogP contribution in [0.1, 0.15) is 42.9 Å². The van der Waals surface area contributed by atoms with Crippen molar-refractivity contribution < 1.29 is 33.8 Å². The summed E-state index contributed by atoms with van der Waals surface area (Å²) in [6.07, 6.45) is 0.174. The Morgan fingerprint density at radius 1 is 0.920 bits per heavy atom. The summed E-state index contributed by atoms with van der Waals surface area (Å²) in [6.45, 7) is 7.34. The number of aliphatic hydroxyl groups is 1. The van der Waals surface area contributed by atoms with Crippen LogP contribution in [0.25, 0.3) is 0 Å². The van der Waals surface area contributed by atoms with Gasteiger partial charge in [0.2, 0.25) is 17.7 Å². The van der Waals surface area contributed by atoms with Gasteiger partial charge < -0.3 is 34.2 Å². The third-order valence-corrected chi connectivity index (χ3v) is 13.4.